The van der Waals surface area contributed by atoms with Crippen molar-refractivity contribution in [2.75, 3.05) is 31.9 Å². The molecule has 0 aliphatic carbocycles. The predicted molar refractivity (Wildman–Crippen MR) is 47.0 cm³/mol. The number of alkyl halides is 2. The fourth-order valence-corrected chi connectivity index (χ4v) is 0.977. The molecule has 0 radical (unpaired) electrons. The van der Waals surface area contributed by atoms with E-state index in [-0.39, 0.29) is 0 Å². The maximum atomic E-state index is 6.47. The molecule has 0 spiro atoms. The summed E-state index contributed by atoms with van der Waals surface area (Å²) in [6, 6.07) is 0. The first-order valence-corrected chi connectivity index (χ1v) is 4.19. The van der Waals surface area contributed by atoms with Gasteiger partial charge in [-0.1, -0.05) is 0 Å². The Hall–Kier alpha value is 0.790. The highest BCUT2D eigenvalue weighted by Crippen LogP contribution is 1.85. The minimum absolute atomic E-state index is 0.688. The Kier molecular flexibility index (Phi) is 16.7. The van der Waals surface area contributed by atoms with Gasteiger partial charge >= 0.3 is 0 Å². The normalized spacial score (nSPS) is 9.00. The van der Waals surface area contributed by atoms with Crippen LogP contribution in [0.25, 0.3) is 0 Å². The predicted octanol–water partition coefficient (Wildman–Crippen LogP) is 1.53. The van der Waals surface area contributed by atoms with Crippen LogP contribution in [-0.2, 0) is 0 Å². The summed E-state index contributed by atoms with van der Waals surface area (Å²) in [4.78, 5) is 2.10. The molecule has 0 amide bonds. The van der Waals surface area contributed by atoms with Crippen LogP contribution in [-0.4, -0.2) is 41.5 Å². The molecule has 0 rings (SSSR count). The maximum absolute atomic E-state index is 6.47. The molecule has 0 atom stereocenters. The molecule has 0 saturated heterocycles. The zero-order valence-corrected chi connectivity index (χ0v) is 8.12. The first-order valence-electron chi connectivity index (χ1n) is 2.78. The van der Waals surface area contributed by atoms with Crippen molar-refractivity contribution in [1.29, 1.82) is 0 Å². The summed E-state index contributed by atoms with van der Waals surface area (Å²) in [5.74, 6) is 1.38. The molecule has 0 aliphatic heterocycles. The van der Waals surface area contributed by atoms with E-state index in [0.717, 1.165) is 13.1 Å². The molecule has 2 nitrogen and oxygen atoms in total. The van der Waals surface area contributed by atoms with Gasteiger partial charge in [0.2, 0.25) is 0 Å². The monoisotopic (exact) mass is 207 g/mol. The highest BCUT2D eigenvalue weighted by atomic mass is 35.5. The van der Waals surface area contributed by atoms with Gasteiger partial charge in [-0.15, -0.1) is 23.2 Å². The maximum Gasteiger partial charge on any atom is 0.0579 e. The fourth-order valence-electron chi connectivity index (χ4n) is 0.400. The zero-order chi connectivity index (χ0) is 8.41. The van der Waals surface area contributed by atoms with Gasteiger partial charge in [0.1, 0.15) is 0 Å². The third-order valence-corrected chi connectivity index (χ3v) is 1.27. The molecule has 0 aromatic heterocycles. The molecule has 0 bridgehead atoms. The third kappa shape index (κ3) is 11.6. The second-order valence-corrected chi connectivity index (χ2v) is 2.44. The van der Waals surface area contributed by atoms with Gasteiger partial charge in [0.25, 0.3) is 0 Å². The van der Waals surface area contributed by atoms with Gasteiger partial charge in [0, 0.05) is 24.8 Å². The molecule has 0 aromatic rings. The van der Waals surface area contributed by atoms with E-state index in [2.05, 4.69) is 16.8 Å². The summed E-state index contributed by atoms with van der Waals surface area (Å²) in [6.45, 7) is 1.85. The van der Waals surface area contributed by atoms with E-state index >= 15 is 0 Å². The van der Waals surface area contributed by atoms with Crippen molar-refractivity contribution in [1.82, 2.24) is 4.90 Å². The number of rotatable bonds is 4. The second kappa shape index (κ2) is 12.5. The Morgan fingerprint density at radius 2 is 1.40 bits per heavy atom. The molecule has 0 unspecified atom stereocenters. The molecule has 0 fully saturated rings. The SMILES string of the molecule is CN(CCCl)CCCl.OCl. The van der Waals surface area contributed by atoms with Crippen LogP contribution in [0.2, 0.25) is 0 Å². The Balaban J connectivity index is 0. The van der Waals surface area contributed by atoms with Crippen LogP contribution in [0.4, 0.5) is 0 Å². The lowest BCUT2D eigenvalue weighted by molar-refractivity contribution is 0.378. The summed E-state index contributed by atoms with van der Waals surface area (Å²) >= 11 is 14.5. The van der Waals surface area contributed by atoms with E-state index in [9.17, 15) is 0 Å². The topological polar surface area (TPSA) is 23.5 Å². The van der Waals surface area contributed by atoms with Gasteiger partial charge in [-0.3, -0.25) is 4.66 Å². The molecule has 1 N–H and O–H groups in total. The molecule has 64 valence electrons. The number of nitrogens with zero attached hydrogens (tertiary/aromatic N) is 1. The highest BCUT2D eigenvalue weighted by molar-refractivity contribution is 6.18. The van der Waals surface area contributed by atoms with Crippen molar-refractivity contribution in [3.63, 3.8) is 0 Å². The number of hydrogen-bond acceptors (Lipinski definition) is 2. The molecule has 0 heterocycles. The lowest BCUT2D eigenvalue weighted by Gasteiger charge is -2.11. The van der Waals surface area contributed by atoms with Gasteiger partial charge in [-0.2, -0.15) is 0 Å². The van der Waals surface area contributed by atoms with Gasteiger partial charge < -0.3 is 4.90 Å². The molecular formula is C5H12Cl3NO. The molecule has 5 heteroatoms. The van der Waals surface area contributed by atoms with Crippen LogP contribution in [0.5, 0.6) is 0 Å². The smallest absolute Gasteiger partial charge is 0.0579 e. The van der Waals surface area contributed by atoms with Crippen LogP contribution in [0.1, 0.15) is 0 Å². The standard InChI is InChI=1S/C5H11Cl2N.ClHO/c1-8(4-2-6)5-3-7;1-2/h2-5H2,1H3;2H. The summed E-state index contributed by atoms with van der Waals surface area (Å²) in [7, 11) is 2.00. The fraction of sp³-hybridized carbons (Fsp3) is 1.00. The second-order valence-electron chi connectivity index (χ2n) is 1.68. The van der Waals surface area contributed by atoms with Gasteiger partial charge in [-0.05, 0) is 7.05 Å². The number of halogens is 3. The molecule has 0 saturated carbocycles. The highest BCUT2D eigenvalue weighted by Gasteiger charge is 1.92. The average Bonchev–Trinajstić information content (AvgIpc) is 1.93. The van der Waals surface area contributed by atoms with Crippen molar-refractivity contribution >= 4 is 35.1 Å². The molecule has 0 aliphatic rings. The summed E-state index contributed by atoms with van der Waals surface area (Å²) < 4.78 is 6.47. The van der Waals surface area contributed by atoms with E-state index < -0.39 is 0 Å². The van der Waals surface area contributed by atoms with Crippen molar-refractivity contribution in [2.24, 2.45) is 0 Å². The minimum atomic E-state index is 0.688. The van der Waals surface area contributed by atoms with Gasteiger partial charge in [0.05, 0.1) is 11.9 Å². The van der Waals surface area contributed by atoms with E-state index in [1.165, 1.54) is 0 Å². The first kappa shape index (κ1) is 13.4. The third-order valence-electron chi connectivity index (χ3n) is 0.932. The van der Waals surface area contributed by atoms with Crippen molar-refractivity contribution < 1.29 is 4.66 Å². The van der Waals surface area contributed by atoms with Crippen LogP contribution in [0, 0.1) is 0 Å². The quantitative estimate of drug-likeness (QED) is 0.709. The molecule has 10 heavy (non-hydrogen) atoms. The van der Waals surface area contributed by atoms with Crippen molar-refractivity contribution in [2.45, 2.75) is 0 Å². The van der Waals surface area contributed by atoms with Crippen LogP contribution < -0.4 is 0 Å². The van der Waals surface area contributed by atoms with Crippen molar-refractivity contribution in [3.8, 4) is 0 Å². The van der Waals surface area contributed by atoms with Crippen molar-refractivity contribution in [3.05, 3.63) is 0 Å². The Bertz CT molecular complexity index is 50.2. The summed E-state index contributed by atoms with van der Waals surface area (Å²) in [6.07, 6.45) is 0. The van der Waals surface area contributed by atoms with E-state index in [0.29, 0.717) is 11.8 Å². The number of hydrogen-bond donors (Lipinski definition) is 1. The van der Waals surface area contributed by atoms with E-state index in [1.54, 1.807) is 0 Å². The van der Waals surface area contributed by atoms with Crippen LogP contribution >= 0.6 is 35.1 Å². The minimum Gasteiger partial charge on any atom is -0.304 e. The lowest BCUT2D eigenvalue weighted by atomic mass is 10.6. The summed E-state index contributed by atoms with van der Waals surface area (Å²) in [5.41, 5.74) is 0. The summed E-state index contributed by atoms with van der Waals surface area (Å²) in [5, 5.41) is 0. The largest absolute Gasteiger partial charge is 0.304 e. The molecule has 0 aromatic carbocycles. The molecular weight excluding hydrogens is 196 g/mol. The first-order chi connectivity index (χ1) is 4.81. The van der Waals surface area contributed by atoms with E-state index in [1.807, 2.05) is 7.05 Å². The Morgan fingerprint density at radius 1 is 1.10 bits per heavy atom. The average molecular weight is 209 g/mol. The lowest BCUT2D eigenvalue weighted by Crippen LogP contribution is -2.22. The van der Waals surface area contributed by atoms with Gasteiger partial charge in [-0.25, -0.2) is 0 Å². The van der Waals surface area contributed by atoms with Crippen LogP contribution in [0.15, 0.2) is 0 Å². The Labute approximate surface area is 76.8 Å². The zero-order valence-electron chi connectivity index (χ0n) is 5.86. The van der Waals surface area contributed by atoms with Crippen LogP contribution in [0.3, 0.4) is 0 Å². The van der Waals surface area contributed by atoms with E-state index in [4.69, 9.17) is 27.9 Å². The Morgan fingerprint density at radius 3 is 1.60 bits per heavy atom. The van der Waals surface area contributed by atoms with Gasteiger partial charge in [0.15, 0.2) is 0 Å².